The van der Waals surface area contributed by atoms with Crippen molar-refractivity contribution in [3.05, 3.63) is 0 Å². The highest BCUT2D eigenvalue weighted by Crippen LogP contribution is 2.35. The van der Waals surface area contributed by atoms with Crippen molar-refractivity contribution in [2.45, 2.75) is 64.5 Å². The van der Waals surface area contributed by atoms with E-state index in [0.29, 0.717) is 6.42 Å². The first kappa shape index (κ1) is 15.5. The second kappa shape index (κ2) is 5.21. The SMILES string of the molecule is C.CC(C)N1C(=O)CC(SC(C)(C)C)C1=O. The van der Waals surface area contributed by atoms with Gasteiger partial charge in [-0.1, -0.05) is 28.2 Å². The summed E-state index contributed by atoms with van der Waals surface area (Å²) in [4.78, 5) is 24.9. The third-order valence-corrected chi connectivity index (χ3v) is 3.51. The molecule has 0 saturated carbocycles. The molecule has 1 rings (SSSR count). The summed E-state index contributed by atoms with van der Waals surface area (Å²) in [6.07, 6.45) is 0.360. The lowest BCUT2D eigenvalue weighted by Crippen LogP contribution is -2.37. The summed E-state index contributed by atoms with van der Waals surface area (Å²) in [7, 11) is 0. The number of amides is 2. The molecule has 0 aromatic carbocycles. The average Bonchev–Trinajstić information content (AvgIpc) is 2.23. The first-order chi connectivity index (χ1) is 6.72. The van der Waals surface area contributed by atoms with E-state index in [2.05, 4.69) is 20.8 Å². The standard InChI is InChI=1S/C11H19NO2S.CH4/c1-7(2)12-9(13)6-8(10(12)14)15-11(3,4)5;/h7-8H,6H2,1-5H3;1H4. The zero-order valence-corrected chi connectivity index (χ0v) is 10.9. The molecular weight excluding hydrogens is 222 g/mol. The number of hydrogen-bond donors (Lipinski definition) is 0. The first-order valence-corrected chi connectivity index (χ1v) is 6.14. The molecule has 1 saturated heterocycles. The lowest BCUT2D eigenvalue weighted by Gasteiger charge is -2.22. The molecule has 1 fully saturated rings. The van der Waals surface area contributed by atoms with Gasteiger partial charge in [-0.2, -0.15) is 0 Å². The fourth-order valence-electron chi connectivity index (χ4n) is 1.68. The highest BCUT2D eigenvalue weighted by atomic mass is 32.2. The maximum absolute atomic E-state index is 11.9. The number of thioether (sulfide) groups is 1. The van der Waals surface area contributed by atoms with Gasteiger partial charge in [0.25, 0.3) is 0 Å². The fraction of sp³-hybridized carbons (Fsp3) is 0.833. The first-order valence-electron chi connectivity index (χ1n) is 5.26. The normalized spacial score (nSPS) is 21.6. The van der Waals surface area contributed by atoms with Gasteiger partial charge in [0, 0.05) is 17.2 Å². The molecule has 0 N–H and O–H groups in total. The molecule has 4 heteroatoms. The van der Waals surface area contributed by atoms with Crippen LogP contribution in [0.5, 0.6) is 0 Å². The van der Waals surface area contributed by atoms with Crippen molar-refractivity contribution in [2.24, 2.45) is 0 Å². The molecule has 0 aliphatic carbocycles. The van der Waals surface area contributed by atoms with Crippen LogP contribution in [0.25, 0.3) is 0 Å². The molecule has 94 valence electrons. The van der Waals surface area contributed by atoms with Gasteiger partial charge in [-0.25, -0.2) is 0 Å². The van der Waals surface area contributed by atoms with Gasteiger partial charge >= 0.3 is 0 Å². The molecule has 3 nitrogen and oxygen atoms in total. The molecule has 0 aromatic heterocycles. The summed E-state index contributed by atoms with van der Waals surface area (Å²) < 4.78 is 0.0214. The lowest BCUT2D eigenvalue weighted by molar-refractivity contribution is -0.140. The number of rotatable bonds is 2. The minimum atomic E-state index is -0.181. The van der Waals surface area contributed by atoms with Crippen LogP contribution < -0.4 is 0 Å². The largest absolute Gasteiger partial charge is 0.279 e. The highest BCUT2D eigenvalue weighted by molar-refractivity contribution is 8.01. The van der Waals surface area contributed by atoms with Crippen LogP contribution in [0.2, 0.25) is 0 Å². The Labute approximate surface area is 103 Å². The van der Waals surface area contributed by atoms with E-state index < -0.39 is 0 Å². The van der Waals surface area contributed by atoms with Gasteiger partial charge in [0.2, 0.25) is 11.8 Å². The second-order valence-electron chi connectivity index (χ2n) is 5.12. The minimum Gasteiger partial charge on any atom is -0.279 e. The Morgan fingerprint density at radius 3 is 2.12 bits per heavy atom. The maximum atomic E-state index is 11.9. The highest BCUT2D eigenvalue weighted by Gasteiger charge is 2.41. The van der Waals surface area contributed by atoms with Gasteiger partial charge in [0.15, 0.2) is 0 Å². The van der Waals surface area contributed by atoms with E-state index >= 15 is 0 Å². The van der Waals surface area contributed by atoms with E-state index in [9.17, 15) is 9.59 Å². The van der Waals surface area contributed by atoms with Gasteiger partial charge < -0.3 is 0 Å². The Bertz CT molecular complexity index is 281. The summed E-state index contributed by atoms with van der Waals surface area (Å²) in [5.74, 6) is -0.0494. The van der Waals surface area contributed by atoms with Crippen LogP contribution in [0.1, 0.15) is 48.5 Å². The predicted molar refractivity (Wildman–Crippen MR) is 69.5 cm³/mol. The van der Waals surface area contributed by atoms with E-state index in [0.717, 1.165) is 0 Å². The van der Waals surface area contributed by atoms with Crippen molar-refractivity contribution in [1.82, 2.24) is 4.90 Å². The van der Waals surface area contributed by atoms with Crippen molar-refractivity contribution in [2.75, 3.05) is 0 Å². The molecule has 0 aromatic rings. The number of nitrogens with zero attached hydrogens (tertiary/aromatic N) is 1. The molecule has 0 bridgehead atoms. The number of imide groups is 1. The van der Waals surface area contributed by atoms with Crippen molar-refractivity contribution < 1.29 is 9.59 Å². The van der Waals surface area contributed by atoms with Crippen LogP contribution in [0.4, 0.5) is 0 Å². The van der Waals surface area contributed by atoms with Crippen LogP contribution in [0, 0.1) is 0 Å². The third-order valence-electron chi connectivity index (χ3n) is 2.15. The Kier molecular flexibility index (Phi) is 5.05. The quantitative estimate of drug-likeness (QED) is 0.702. The number of likely N-dealkylation sites (tertiary alicyclic amines) is 1. The number of hydrogen-bond acceptors (Lipinski definition) is 3. The summed E-state index contributed by atoms with van der Waals surface area (Å²) in [6, 6.07) is -0.0180. The van der Waals surface area contributed by atoms with E-state index in [1.165, 1.54) is 4.90 Å². The third kappa shape index (κ3) is 3.51. The van der Waals surface area contributed by atoms with Crippen molar-refractivity contribution in [1.29, 1.82) is 0 Å². The van der Waals surface area contributed by atoms with Crippen LogP contribution in [-0.2, 0) is 9.59 Å². The lowest BCUT2D eigenvalue weighted by atomic mass is 10.3. The van der Waals surface area contributed by atoms with Gasteiger partial charge in [-0.3, -0.25) is 14.5 Å². The minimum absolute atomic E-state index is 0. The molecule has 1 aliphatic heterocycles. The van der Waals surface area contributed by atoms with Gasteiger partial charge in [-0.05, 0) is 13.8 Å². The molecule has 0 spiro atoms. The zero-order valence-electron chi connectivity index (χ0n) is 10.0. The Balaban J connectivity index is 0.00000225. The Morgan fingerprint density at radius 1 is 1.31 bits per heavy atom. The molecule has 1 heterocycles. The monoisotopic (exact) mass is 245 g/mol. The van der Waals surface area contributed by atoms with Crippen molar-refractivity contribution in [3.8, 4) is 0 Å². The number of carbonyl (C=O) groups excluding carboxylic acids is 2. The average molecular weight is 245 g/mol. The predicted octanol–water partition coefficient (Wildman–Crippen LogP) is 2.69. The van der Waals surface area contributed by atoms with E-state index in [1.807, 2.05) is 13.8 Å². The van der Waals surface area contributed by atoms with Crippen LogP contribution >= 0.6 is 11.8 Å². The van der Waals surface area contributed by atoms with Crippen molar-refractivity contribution in [3.63, 3.8) is 0 Å². The van der Waals surface area contributed by atoms with Crippen LogP contribution in [-0.4, -0.2) is 32.8 Å². The van der Waals surface area contributed by atoms with Gasteiger partial charge in [0.1, 0.15) is 0 Å². The molecule has 0 radical (unpaired) electrons. The molecule has 2 amide bonds. The molecule has 1 unspecified atom stereocenters. The van der Waals surface area contributed by atoms with E-state index in [1.54, 1.807) is 11.8 Å². The fourth-order valence-corrected chi connectivity index (χ4v) is 2.98. The Morgan fingerprint density at radius 2 is 1.81 bits per heavy atom. The van der Waals surface area contributed by atoms with Crippen LogP contribution in [0.15, 0.2) is 0 Å². The molecule has 1 aliphatic rings. The van der Waals surface area contributed by atoms with Crippen molar-refractivity contribution >= 4 is 23.6 Å². The molecule has 16 heavy (non-hydrogen) atoms. The molecular formula is C12H23NO2S. The van der Waals surface area contributed by atoms with Gasteiger partial charge in [-0.15, -0.1) is 11.8 Å². The second-order valence-corrected chi connectivity index (χ2v) is 7.15. The van der Waals surface area contributed by atoms with E-state index in [4.69, 9.17) is 0 Å². The zero-order chi connectivity index (χ0) is 11.8. The topological polar surface area (TPSA) is 37.4 Å². The Hall–Kier alpha value is -0.510. The van der Waals surface area contributed by atoms with Crippen LogP contribution in [0.3, 0.4) is 0 Å². The smallest absolute Gasteiger partial charge is 0.243 e. The summed E-state index contributed by atoms with van der Waals surface area (Å²) in [6.45, 7) is 9.94. The summed E-state index contributed by atoms with van der Waals surface area (Å²) >= 11 is 1.59. The maximum Gasteiger partial charge on any atom is 0.243 e. The van der Waals surface area contributed by atoms with E-state index in [-0.39, 0.29) is 35.3 Å². The molecule has 1 atom stereocenters. The summed E-state index contributed by atoms with van der Waals surface area (Å²) in [5, 5.41) is -0.181. The number of carbonyl (C=O) groups is 2. The van der Waals surface area contributed by atoms with Gasteiger partial charge in [0.05, 0.1) is 5.25 Å². The summed E-state index contributed by atoms with van der Waals surface area (Å²) in [5.41, 5.74) is 0.